The number of aromatic nitrogens is 1. The first-order chi connectivity index (χ1) is 14.3. The molecular weight excluding hydrogens is 422 g/mol. The number of nitrogens with one attached hydrogen (secondary N) is 1. The molecule has 0 saturated carbocycles. The predicted molar refractivity (Wildman–Crippen MR) is 116 cm³/mol. The van der Waals surface area contributed by atoms with Crippen molar-refractivity contribution in [3.63, 3.8) is 0 Å². The van der Waals surface area contributed by atoms with Crippen LogP contribution in [-0.4, -0.2) is 25.9 Å². The summed E-state index contributed by atoms with van der Waals surface area (Å²) in [6, 6.07) is 14.1. The SMILES string of the molecule is Cc1ccc(OCc2nc(CC(=O)NCCc3ccc(S(N)(=O)=O)cc3)cs2)cc1. The van der Waals surface area contributed by atoms with Gasteiger partial charge in [0.25, 0.3) is 0 Å². The van der Waals surface area contributed by atoms with Gasteiger partial charge >= 0.3 is 0 Å². The van der Waals surface area contributed by atoms with E-state index in [1.807, 2.05) is 36.6 Å². The van der Waals surface area contributed by atoms with E-state index in [2.05, 4.69) is 10.3 Å². The zero-order valence-electron chi connectivity index (χ0n) is 16.5. The molecule has 1 heterocycles. The van der Waals surface area contributed by atoms with Gasteiger partial charge in [-0.1, -0.05) is 29.8 Å². The minimum Gasteiger partial charge on any atom is -0.486 e. The van der Waals surface area contributed by atoms with Crippen molar-refractivity contribution in [2.45, 2.75) is 31.3 Å². The maximum Gasteiger partial charge on any atom is 0.238 e. The fraction of sp³-hybridized carbons (Fsp3) is 0.238. The Hall–Kier alpha value is -2.75. The van der Waals surface area contributed by atoms with Crippen LogP contribution in [0.3, 0.4) is 0 Å². The van der Waals surface area contributed by atoms with Crippen LogP contribution in [0.5, 0.6) is 5.75 Å². The molecule has 0 aliphatic carbocycles. The molecular formula is C21H23N3O4S2. The van der Waals surface area contributed by atoms with Crippen LogP contribution in [0.25, 0.3) is 0 Å². The molecule has 0 spiro atoms. The standard InChI is InChI=1S/C21H23N3O4S2/c1-15-2-6-18(7-3-15)28-13-21-24-17(14-29-21)12-20(25)23-11-10-16-4-8-19(9-5-16)30(22,26)27/h2-9,14H,10-13H2,1H3,(H,23,25)(H2,22,26,27). The van der Waals surface area contributed by atoms with E-state index < -0.39 is 10.0 Å². The number of sulfonamides is 1. The van der Waals surface area contributed by atoms with Crippen molar-refractivity contribution in [1.82, 2.24) is 10.3 Å². The summed E-state index contributed by atoms with van der Waals surface area (Å²) < 4.78 is 28.2. The van der Waals surface area contributed by atoms with Crippen molar-refractivity contribution < 1.29 is 17.9 Å². The molecule has 0 fully saturated rings. The average Bonchev–Trinajstić information content (AvgIpc) is 3.14. The number of nitrogens with two attached hydrogens (primary N) is 1. The van der Waals surface area contributed by atoms with Crippen LogP contribution >= 0.6 is 11.3 Å². The van der Waals surface area contributed by atoms with E-state index >= 15 is 0 Å². The maximum atomic E-state index is 12.1. The summed E-state index contributed by atoms with van der Waals surface area (Å²) in [4.78, 5) is 16.7. The highest BCUT2D eigenvalue weighted by Gasteiger charge is 2.09. The van der Waals surface area contributed by atoms with E-state index in [1.54, 1.807) is 12.1 Å². The fourth-order valence-electron chi connectivity index (χ4n) is 2.70. The first-order valence-electron chi connectivity index (χ1n) is 9.31. The highest BCUT2D eigenvalue weighted by Crippen LogP contribution is 2.16. The Balaban J connectivity index is 1.41. The lowest BCUT2D eigenvalue weighted by atomic mass is 10.1. The minimum atomic E-state index is -3.69. The molecule has 0 aliphatic rings. The van der Waals surface area contributed by atoms with Gasteiger partial charge in [-0.05, 0) is 43.2 Å². The molecule has 3 rings (SSSR count). The second-order valence-electron chi connectivity index (χ2n) is 6.80. The molecule has 7 nitrogen and oxygen atoms in total. The summed E-state index contributed by atoms with van der Waals surface area (Å²) in [6.45, 7) is 2.83. The van der Waals surface area contributed by atoms with Gasteiger partial charge in [-0.2, -0.15) is 0 Å². The van der Waals surface area contributed by atoms with Gasteiger partial charge in [-0.15, -0.1) is 11.3 Å². The molecule has 2 aromatic carbocycles. The number of aryl methyl sites for hydroxylation is 1. The number of ether oxygens (including phenoxy) is 1. The van der Waals surface area contributed by atoms with Gasteiger partial charge in [0, 0.05) is 11.9 Å². The summed E-state index contributed by atoms with van der Waals surface area (Å²) in [6.07, 6.45) is 0.786. The molecule has 3 N–H and O–H groups in total. The predicted octanol–water partition coefficient (Wildman–Crippen LogP) is 2.58. The number of nitrogens with zero attached hydrogens (tertiary/aromatic N) is 1. The van der Waals surface area contributed by atoms with Gasteiger partial charge in [-0.3, -0.25) is 4.79 Å². The summed E-state index contributed by atoms with van der Waals surface area (Å²) in [5, 5.41) is 10.6. The number of primary sulfonamides is 1. The van der Waals surface area contributed by atoms with Crippen LogP contribution in [0, 0.1) is 6.92 Å². The van der Waals surface area contributed by atoms with Crippen molar-refractivity contribution >= 4 is 27.3 Å². The number of thiazole rings is 1. The van der Waals surface area contributed by atoms with Crippen LogP contribution in [-0.2, 0) is 34.3 Å². The molecule has 30 heavy (non-hydrogen) atoms. The van der Waals surface area contributed by atoms with Crippen molar-refractivity contribution in [1.29, 1.82) is 0 Å². The Morgan fingerprint density at radius 1 is 1.13 bits per heavy atom. The fourth-order valence-corrected chi connectivity index (χ4v) is 3.92. The topological polar surface area (TPSA) is 111 Å². The van der Waals surface area contributed by atoms with Gasteiger partial charge in [0.1, 0.15) is 17.4 Å². The number of rotatable bonds is 9. The Morgan fingerprint density at radius 3 is 2.50 bits per heavy atom. The van der Waals surface area contributed by atoms with Gasteiger partial charge in [0.05, 0.1) is 17.0 Å². The Labute approximate surface area is 180 Å². The molecule has 158 valence electrons. The molecule has 0 radical (unpaired) electrons. The molecule has 0 unspecified atom stereocenters. The van der Waals surface area contributed by atoms with Crippen LogP contribution in [0.4, 0.5) is 0 Å². The molecule has 0 atom stereocenters. The van der Waals surface area contributed by atoms with Gasteiger partial charge in [0.2, 0.25) is 15.9 Å². The van der Waals surface area contributed by atoms with Gasteiger partial charge in [0.15, 0.2) is 0 Å². The second-order valence-corrected chi connectivity index (χ2v) is 9.30. The zero-order valence-corrected chi connectivity index (χ0v) is 18.1. The number of carbonyl (C=O) groups excluding carboxylic acids is 1. The van der Waals surface area contributed by atoms with E-state index in [0.29, 0.717) is 25.3 Å². The lowest BCUT2D eigenvalue weighted by molar-refractivity contribution is -0.120. The van der Waals surface area contributed by atoms with Crippen molar-refractivity contribution in [3.8, 4) is 5.75 Å². The number of benzene rings is 2. The summed E-state index contributed by atoms with van der Waals surface area (Å²) in [5.41, 5.74) is 2.79. The van der Waals surface area contributed by atoms with Crippen LogP contribution in [0.15, 0.2) is 58.8 Å². The number of carbonyl (C=O) groups is 1. The second kappa shape index (κ2) is 9.84. The Bertz CT molecular complexity index is 1090. The normalized spacial score (nSPS) is 11.3. The maximum absolute atomic E-state index is 12.1. The van der Waals surface area contributed by atoms with E-state index in [1.165, 1.54) is 29.0 Å². The monoisotopic (exact) mass is 445 g/mol. The van der Waals surface area contributed by atoms with Crippen molar-refractivity contribution in [3.05, 3.63) is 75.7 Å². The Morgan fingerprint density at radius 2 is 1.83 bits per heavy atom. The average molecular weight is 446 g/mol. The Kier molecular flexibility index (Phi) is 7.20. The lowest BCUT2D eigenvalue weighted by Crippen LogP contribution is -2.27. The van der Waals surface area contributed by atoms with Crippen molar-refractivity contribution in [2.75, 3.05) is 6.54 Å². The molecule has 0 bridgehead atoms. The lowest BCUT2D eigenvalue weighted by Gasteiger charge is -2.05. The van der Waals surface area contributed by atoms with E-state index in [9.17, 15) is 13.2 Å². The first-order valence-corrected chi connectivity index (χ1v) is 11.7. The number of hydrogen-bond acceptors (Lipinski definition) is 6. The number of amides is 1. The van der Waals surface area contributed by atoms with E-state index in [4.69, 9.17) is 9.88 Å². The van der Waals surface area contributed by atoms with E-state index in [-0.39, 0.29) is 17.2 Å². The van der Waals surface area contributed by atoms with Crippen LogP contribution in [0.1, 0.15) is 21.8 Å². The van der Waals surface area contributed by atoms with E-state index in [0.717, 1.165) is 16.3 Å². The third kappa shape index (κ3) is 6.65. The third-order valence-electron chi connectivity index (χ3n) is 4.31. The zero-order chi connectivity index (χ0) is 21.6. The van der Waals surface area contributed by atoms with Crippen LogP contribution < -0.4 is 15.2 Å². The largest absolute Gasteiger partial charge is 0.486 e. The molecule has 9 heteroatoms. The molecule has 1 amide bonds. The highest BCUT2D eigenvalue weighted by atomic mass is 32.2. The third-order valence-corrected chi connectivity index (χ3v) is 6.11. The van der Waals surface area contributed by atoms with Gasteiger partial charge in [-0.25, -0.2) is 18.5 Å². The van der Waals surface area contributed by atoms with Crippen LogP contribution in [0.2, 0.25) is 0 Å². The minimum absolute atomic E-state index is 0.0704. The smallest absolute Gasteiger partial charge is 0.238 e. The quantitative estimate of drug-likeness (QED) is 0.526. The molecule has 0 aliphatic heterocycles. The summed E-state index contributed by atoms with van der Waals surface area (Å²) in [5.74, 6) is 0.666. The summed E-state index contributed by atoms with van der Waals surface area (Å²) >= 11 is 1.46. The molecule has 3 aromatic rings. The number of hydrogen-bond donors (Lipinski definition) is 2. The van der Waals surface area contributed by atoms with Crippen molar-refractivity contribution in [2.24, 2.45) is 5.14 Å². The molecule has 1 aromatic heterocycles. The summed E-state index contributed by atoms with van der Waals surface area (Å²) in [7, 11) is -3.69. The highest BCUT2D eigenvalue weighted by molar-refractivity contribution is 7.89. The molecule has 0 saturated heterocycles. The first kappa shape index (κ1) is 21.9. The van der Waals surface area contributed by atoms with Gasteiger partial charge < -0.3 is 10.1 Å².